The number of aromatic nitrogens is 1. The molecule has 1 atom stereocenters. The molecule has 2 aromatic carbocycles. The fraction of sp³-hybridized carbons (Fsp3) is 0.292. The van der Waals surface area contributed by atoms with Gasteiger partial charge in [0.2, 0.25) is 0 Å². The minimum Gasteiger partial charge on any atom is -0.481 e. The maximum atomic E-state index is 13.0. The Morgan fingerprint density at radius 1 is 1.00 bits per heavy atom. The second-order valence-electron chi connectivity index (χ2n) is 7.71. The molecule has 1 aromatic heterocycles. The number of rotatable bonds is 10. The lowest BCUT2D eigenvalue weighted by molar-refractivity contribution is -0.137. The van der Waals surface area contributed by atoms with Gasteiger partial charge in [0.05, 0.1) is 11.9 Å². The standard InChI is InChI=1S/C24H21F5N2O3S/c25-23(26)35-20-8-6-17-13-16(5-7-19(17)31-20)18(9-11-24(27,28)29)14-1-3-15(4-2-14)22(34)30-12-10-21(32)33/h1-8,13,18,23H,9-12H2,(H,30,34)(H,32,33). The zero-order chi connectivity index (χ0) is 25.6. The number of halogens is 5. The summed E-state index contributed by atoms with van der Waals surface area (Å²) in [4.78, 5) is 26.9. The van der Waals surface area contributed by atoms with Crippen molar-refractivity contribution in [3.8, 4) is 0 Å². The average Bonchev–Trinajstić information content (AvgIpc) is 2.78. The molecule has 0 bridgehead atoms. The van der Waals surface area contributed by atoms with Crippen LogP contribution in [0.1, 0.15) is 46.7 Å². The van der Waals surface area contributed by atoms with Gasteiger partial charge < -0.3 is 10.4 Å². The van der Waals surface area contributed by atoms with Crippen LogP contribution in [0.5, 0.6) is 0 Å². The van der Waals surface area contributed by atoms with Crippen molar-refractivity contribution in [2.24, 2.45) is 0 Å². The molecule has 3 aromatic rings. The molecule has 0 saturated heterocycles. The molecule has 35 heavy (non-hydrogen) atoms. The number of alkyl halides is 5. The highest BCUT2D eigenvalue weighted by atomic mass is 32.2. The summed E-state index contributed by atoms with van der Waals surface area (Å²) in [5, 5.41) is 11.9. The van der Waals surface area contributed by atoms with Gasteiger partial charge in [-0.15, -0.1) is 0 Å². The van der Waals surface area contributed by atoms with Crippen molar-refractivity contribution in [2.45, 2.75) is 42.1 Å². The number of carboxylic acid groups (broad SMARTS) is 1. The van der Waals surface area contributed by atoms with Crippen molar-refractivity contribution in [3.05, 3.63) is 71.3 Å². The van der Waals surface area contributed by atoms with Gasteiger partial charge in [-0.1, -0.05) is 24.3 Å². The van der Waals surface area contributed by atoms with Crippen LogP contribution in [-0.4, -0.2) is 40.4 Å². The van der Waals surface area contributed by atoms with Crippen molar-refractivity contribution in [2.75, 3.05) is 6.54 Å². The third kappa shape index (κ3) is 7.91. The van der Waals surface area contributed by atoms with Gasteiger partial charge in [0.25, 0.3) is 11.7 Å². The van der Waals surface area contributed by atoms with Crippen LogP contribution >= 0.6 is 11.8 Å². The number of fused-ring (bicyclic) bond motifs is 1. The van der Waals surface area contributed by atoms with Crippen LogP contribution in [0.15, 0.2) is 59.6 Å². The molecule has 0 aliphatic heterocycles. The average molecular weight is 513 g/mol. The van der Waals surface area contributed by atoms with E-state index in [9.17, 15) is 31.5 Å². The summed E-state index contributed by atoms with van der Waals surface area (Å²) in [5.74, 6) is -4.80. The monoisotopic (exact) mass is 512 g/mol. The molecule has 3 rings (SSSR count). The highest BCUT2D eigenvalue weighted by Gasteiger charge is 2.29. The fourth-order valence-corrected chi connectivity index (χ4v) is 4.06. The van der Waals surface area contributed by atoms with E-state index in [2.05, 4.69) is 10.3 Å². The SMILES string of the molecule is O=C(O)CCNC(=O)c1ccc(C(CCC(F)(F)F)c2ccc3nc(SC(F)F)ccc3c2)cc1. The molecular formula is C24H21F5N2O3S. The van der Waals surface area contributed by atoms with Gasteiger partial charge in [-0.25, -0.2) is 4.98 Å². The molecule has 5 nitrogen and oxygen atoms in total. The molecule has 0 aliphatic rings. The molecular weight excluding hydrogens is 491 g/mol. The Hall–Kier alpha value is -3.21. The summed E-state index contributed by atoms with van der Waals surface area (Å²) >= 11 is 0.310. The predicted octanol–water partition coefficient (Wildman–Crippen LogP) is 6.23. The lowest BCUT2D eigenvalue weighted by Crippen LogP contribution is -2.25. The van der Waals surface area contributed by atoms with Crippen molar-refractivity contribution >= 4 is 34.5 Å². The molecule has 186 valence electrons. The summed E-state index contributed by atoms with van der Waals surface area (Å²) in [5.41, 5.74) is 1.85. The summed E-state index contributed by atoms with van der Waals surface area (Å²) in [6, 6.07) is 14.0. The number of benzene rings is 2. The normalized spacial score (nSPS) is 12.6. The van der Waals surface area contributed by atoms with E-state index in [0.717, 1.165) is 0 Å². The van der Waals surface area contributed by atoms with Crippen molar-refractivity contribution in [1.29, 1.82) is 0 Å². The first-order valence-electron chi connectivity index (χ1n) is 10.5. The molecule has 0 spiro atoms. The van der Waals surface area contributed by atoms with Crippen LogP contribution in [0, 0.1) is 0 Å². The summed E-state index contributed by atoms with van der Waals surface area (Å²) in [7, 11) is 0. The molecule has 1 unspecified atom stereocenters. The first-order valence-corrected chi connectivity index (χ1v) is 11.4. The third-order valence-corrected chi connectivity index (χ3v) is 5.86. The van der Waals surface area contributed by atoms with E-state index in [1.807, 2.05) is 0 Å². The summed E-state index contributed by atoms with van der Waals surface area (Å²) in [6.45, 7) is -0.0488. The number of carbonyl (C=O) groups is 2. The van der Waals surface area contributed by atoms with E-state index in [-0.39, 0.29) is 30.0 Å². The summed E-state index contributed by atoms with van der Waals surface area (Å²) < 4.78 is 64.3. The predicted molar refractivity (Wildman–Crippen MR) is 122 cm³/mol. The Kier molecular flexibility index (Phi) is 8.66. The number of thioether (sulfide) groups is 1. The Bertz CT molecular complexity index is 1190. The number of carboxylic acids is 1. The van der Waals surface area contributed by atoms with Crippen LogP contribution in [0.4, 0.5) is 22.0 Å². The topological polar surface area (TPSA) is 79.3 Å². The quantitative estimate of drug-likeness (QED) is 0.249. The number of amides is 1. The van der Waals surface area contributed by atoms with E-state index in [4.69, 9.17) is 5.11 Å². The smallest absolute Gasteiger partial charge is 0.389 e. The van der Waals surface area contributed by atoms with Gasteiger partial charge >= 0.3 is 12.1 Å². The number of nitrogens with one attached hydrogen (secondary N) is 1. The first-order chi connectivity index (χ1) is 16.5. The molecule has 1 heterocycles. The second-order valence-corrected chi connectivity index (χ2v) is 8.72. The number of hydrogen-bond acceptors (Lipinski definition) is 4. The van der Waals surface area contributed by atoms with Gasteiger partial charge in [0.1, 0.15) is 5.03 Å². The van der Waals surface area contributed by atoms with Crippen molar-refractivity contribution < 1.29 is 36.6 Å². The van der Waals surface area contributed by atoms with E-state index < -0.39 is 36.1 Å². The maximum absolute atomic E-state index is 13.0. The Labute approximate surface area is 201 Å². The fourth-order valence-electron chi connectivity index (χ4n) is 3.58. The second kappa shape index (κ2) is 11.5. The van der Waals surface area contributed by atoms with Crippen molar-refractivity contribution in [3.63, 3.8) is 0 Å². The van der Waals surface area contributed by atoms with Crippen molar-refractivity contribution in [1.82, 2.24) is 10.3 Å². The molecule has 0 fully saturated rings. The Balaban J connectivity index is 1.86. The minimum absolute atomic E-state index is 0.0488. The van der Waals surface area contributed by atoms with E-state index in [1.165, 1.54) is 18.2 Å². The highest BCUT2D eigenvalue weighted by Crippen LogP contribution is 2.35. The molecule has 0 aliphatic carbocycles. The maximum Gasteiger partial charge on any atom is 0.389 e. The number of nitrogens with zero attached hydrogens (tertiary/aromatic N) is 1. The molecule has 2 N–H and O–H groups in total. The number of carbonyl (C=O) groups excluding carboxylic acids is 1. The molecule has 0 saturated carbocycles. The highest BCUT2D eigenvalue weighted by molar-refractivity contribution is 7.99. The van der Waals surface area contributed by atoms with Crippen LogP contribution < -0.4 is 5.32 Å². The zero-order valence-corrected chi connectivity index (χ0v) is 19.0. The largest absolute Gasteiger partial charge is 0.481 e. The van der Waals surface area contributed by atoms with Gasteiger partial charge in [-0.2, -0.15) is 22.0 Å². The molecule has 1 amide bonds. The van der Waals surface area contributed by atoms with Gasteiger partial charge in [-0.05, 0) is 59.6 Å². The van der Waals surface area contributed by atoms with Crippen LogP contribution in [0.2, 0.25) is 0 Å². The van der Waals surface area contributed by atoms with E-state index >= 15 is 0 Å². The summed E-state index contributed by atoms with van der Waals surface area (Å²) in [6.07, 6.45) is -5.84. The van der Waals surface area contributed by atoms with E-state index in [1.54, 1.807) is 36.4 Å². The van der Waals surface area contributed by atoms with Gasteiger partial charge in [-0.3, -0.25) is 9.59 Å². The number of aliphatic carboxylic acids is 1. The van der Waals surface area contributed by atoms with Gasteiger partial charge in [0, 0.05) is 29.8 Å². The third-order valence-electron chi connectivity index (χ3n) is 5.22. The van der Waals surface area contributed by atoms with Crippen LogP contribution in [0.3, 0.4) is 0 Å². The molecule has 0 radical (unpaired) electrons. The van der Waals surface area contributed by atoms with Crippen LogP contribution in [-0.2, 0) is 4.79 Å². The van der Waals surface area contributed by atoms with E-state index in [0.29, 0.717) is 33.8 Å². The molecule has 11 heteroatoms. The zero-order valence-electron chi connectivity index (χ0n) is 18.2. The first kappa shape index (κ1) is 26.4. The lowest BCUT2D eigenvalue weighted by Gasteiger charge is -2.20. The Morgan fingerprint density at radius 3 is 2.31 bits per heavy atom. The number of pyridine rings is 1. The van der Waals surface area contributed by atoms with Crippen LogP contribution in [0.25, 0.3) is 10.9 Å². The lowest BCUT2D eigenvalue weighted by atomic mass is 9.86. The number of hydrogen-bond donors (Lipinski definition) is 2. The Morgan fingerprint density at radius 2 is 1.69 bits per heavy atom. The van der Waals surface area contributed by atoms with Gasteiger partial charge in [0.15, 0.2) is 0 Å². The minimum atomic E-state index is -4.36.